The van der Waals surface area contributed by atoms with Crippen LogP contribution in [-0.2, 0) is 4.79 Å². The summed E-state index contributed by atoms with van der Waals surface area (Å²) in [5.74, 6) is -1.70. The summed E-state index contributed by atoms with van der Waals surface area (Å²) < 4.78 is 13.3. The number of amides is 3. The van der Waals surface area contributed by atoms with E-state index in [1.807, 2.05) is 31.2 Å². The van der Waals surface area contributed by atoms with Crippen molar-refractivity contribution in [2.75, 3.05) is 17.2 Å². The van der Waals surface area contributed by atoms with E-state index in [0.717, 1.165) is 27.5 Å². The van der Waals surface area contributed by atoms with Crippen LogP contribution in [0.15, 0.2) is 72.8 Å². The number of carbonyl (C=O) groups is 3. The van der Waals surface area contributed by atoms with Gasteiger partial charge in [-0.1, -0.05) is 24.3 Å². The summed E-state index contributed by atoms with van der Waals surface area (Å²) in [4.78, 5) is 40.3. The average Bonchev–Trinajstić information content (AvgIpc) is 3.28. The minimum absolute atomic E-state index is 0.0198. The molecule has 3 amide bonds. The number of aromatic nitrogens is 1. The number of aliphatic hydroxyl groups is 1. The van der Waals surface area contributed by atoms with E-state index in [-0.39, 0.29) is 24.8 Å². The van der Waals surface area contributed by atoms with E-state index < -0.39 is 11.7 Å². The zero-order chi connectivity index (χ0) is 27.7. The molecule has 1 heterocycles. The quantitative estimate of drug-likeness (QED) is 0.202. The molecule has 5 aromatic rings. The molecule has 0 saturated heterocycles. The molecule has 6 N–H and O–H groups in total. The topological polar surface area (TPSA) is 137 Å². The first-order chi connectivity index (χ1) is 18.8. The lowest BCUT2D eigenvalue weighted by atomic mass is 9.93. The van der Waals surface area contributed by atoms with Crippen LogP contribution in [0.5, 0.6) is 0 Å². The number of halogens is 1. The molecule has 0 spiro atoms. The molecule has 1 aromatic heterocycles. The lowest BCUT2D eigenvalue weighted by Crippen LogP contribution is -2.13. The highest BCUT2D eigenvalue weighted by molar-refractivity contribution is 6.20. The van der Waals surface area contributed by atoms with Gasteiger partial charge in [-0.2, -0.15) is 0 Å². The van der Waals surface area contributed by atoms with Crippen molar-refractivity contribution in [1.29, 1.82) is 0 Å². The normalized spacial score (nSPS) is 11.1. The maximum Gasteiger partial charge on any atom is 0.255 e. The molecule has 0 atom stereocenters. The molecule has 0 aliphatic heterocycles. The van der Waals surface area contributed by atoms with Gasteiger partial charge in [0.25, 0.3) is 11.8 Å². The molecule has 196 valence electrons. The van der Waals surface area contributed by atoms with Crippen molar-refractivity contribution in [3.63, 3.8) is 0 Å². The Morgan fingerprint density at radius 1 is 0.949 bits per heavy atom. The minimum atomic E-state index is -0.591. The Morgan fingerprint density at radius 3 is 2.44 bits per heavy atom. The van der Waals surface area contributed by atoms with Gasteiger partial charge in [0.15, 0.2) is 0 Å². The molecule has 0 aliphatic rings. The molecule has 0 aliphatic carbocycles. The zero-order valence-corrected chi connectivity index (χ0v) is 21.0. The smallest absolute Gasteiger partial charge is 0.255 e. The maximum absolute atomic E-state index is 13.3. The van der Waals surface area contributed by atoms with E-state index in [9.17, 15) is 18.8 Å². The van der Waals surface area contributed by atoms with Gasteiger partial charge in [0.2, 0.25) is 5.91 Å². The number of hydrogen-bond donors (Lipinski definition) is 5. The number of nitrogens with two attached hydrogens (primary N) is 1. The number of carbonyl (C=O) groups excluding carboxylic acids is 3. The van der Waals surface area contributed by atoms with Crippen molar-refractivity contribution in [1.82, 2.24) is 4.98 Å². The summed E-state index contributed by atoms with van der Waals surface area (Å²) in [7, 11) is 0. The van der Waals surface area contributed by atoms with Gasteiger partial charge in [0, 0.05) is 33.2 Å². The van der Waals surface area contributed by atoms with Crippen molar-refractivity contribution in [2.45, 2.75) is 13.3 Å². The zero-order valence-electron chi connectivity index (χ0n) is 21.0. The molecule has 0 saturated carbocycles. The van der Waals surface area contributed by atoms with Gasteiger partial charge in [-0.05, 0) is 72.1 Å². The average molecular weight is 525 g/mol. The summed E-state index contributed by atoms with van der Waals surface area (Å²) in [6, 6.07) is 19.6. The Bertz CT molecular complexity index is 1760. The van der Waals surface area contributed by atoms with Crippen molar-refractivity contribution in [2.24, 2.45) is 5.73 Å². The van der Waals surface area contributed by atoms with Gasteiger partial charge >= 0.3 is 0 Å². The number of nitrogens with one attached hydrogen (secondary N) is 3. The number of aliphatic hydroxyl groups excluding tert-OH is 1. The summed E-state index contributed by atoms with van der Waals surface area (Å²) >= 11 is 0. The van der Waals surface area contributed by atoms with Crippen molar-refractivity contribution < 1.29 is 23.9 Å². The Hall–Kier alpha value is -5.02. The van der Waals surface area contributed by atoms with Crippen LogP contribution < -0.4 is 16.4 Å². The monoisotopic (exact) mass is 524 g/mol. The van der Waals surface area contributed by atoms with Crippen LogP contribution in [0, 0.1) is 12.7 Å². The molecular formula is C30H25FN4O4. The van der Waals surface area contributed by atoms with Crippen LogP contribution in [-0.4, -0.2) is 34.4 Å². The fraction of sp³-hybridized carbons (Fsp3) is 0.100. The largest absolute Gasteiger partial charge is 0.396 e. The number of H-pyrrole nitrogens is 1. The molecular weight excluding hydrogens is 499 g/mol. The molecule has 0 radical (unpaired) electrons. The second-order valence-corrected chi connectivity index (χ2v) is 9.12. The molecule has 8 nitrogen and oxygen atoms in total. The number of anilines is 2. The van der Waals surface area contributed by atoms with Crippen LogP contribution in [0.3, 0.4) is 0 Å². The number of hydrogen-bond acceptors (Lipinski definition) is 4. The van der Waals surface area contributed by atoms with Gasteiger partial charge in [-0.25, -0.2) is 4.39 Å². The van der Waals surface area contributed by atoms with Crippen LogP contribution in [0.1, 0.15) is 32.7 Å². The van der Waals surface area contributed by atoms with Crippen molar-refractivity contribution >= 4 is 50.9 Å². The first-order valence-corrected chi connectivity index (χ1v) is 12.2. The first kappa shape index (κ1) is 25.6. The highest BCUT2D eigenvalue weighted by Gasteiger charge is 2.19. The van der Waals surface area contributed by atoms with E-state index in [0.29, 0.717) is 33.5 Å². The molecule has 39 heavy (non-hydrogen) atoms. The Balaban J connectivity index is 1.61. The van der Waals surface area contributed by atoms with Gasteiger partial charge in [0.1, 0.15) is 5.82 Å². The molecule has 4 aromatic carbocycles. The summed E-state index contributed by atoms with van der Waals surface area (Å²) in [5, 5.41) is 16.2. The van der Waals surface area contributed by atoms with Crippen LogP contribution in [0.2, 0.25) is 0 Å². The fourth-order valence-corrected chi connectivity index (χ4v) is 4.70. The Morgan fingerprint density at radius 2 is 1.72 bits per heavy atom. The molecule has 9 heteroatoms. The predicted octanol–water partition coefficient (Wildman–Crippen LogP) is 5.11. The molecule has 5 rings (SSSR count). The summed E-state index contributed by atoms with van der Waals surface area (Å²) in [5.41, 5.74) is 11.1. The Kier molecular flexibility index (Phi) is 6.83. The fourth-order valence-electron chi connectivity index (χ4n) is 4.70. The van der Waals surface area contributed by atoms with E-state index in [2.05, 4.69) is 15.6 Å². The van der Waals surface area contributed by atoms with Gasteiger partial charge in [-0.3, -0.25) is 14.4 Å². The minimum Gasteiger partial charge on any atom is -0.396 e. The second kappa shape index (κ2) is 10.4. The summed E-state index contributed by atoms with van der Waals surface area (Å²) in [6.45, 7) is 1.63. The lowest BCUT2D eigenvalue weighted by molar-refractivity contribution is -0.116. The van der Waals surface area contributed by atoms with Crippen LogP contribution >= 0.6 is 0 Å². The number of fused-ring (bicyclic) bond motifs is 3. The molecule has 0 bridgehead atoms. The van der Waals surface area contributed by atoms with E-state index >= 15 is 0 Å². The highest BCUT2D eigenvalue weighted by Crippen LogP contribution is 2.39. The number of benzene rings is 4. The standard InChI is InChI=1S/C30H25FN4O4/c1-16-20(3-2-4-24(16)35-30(39)17-5-7-18(31)8-6-17)21-11-12-23(29(32)38)28-27(21)22-10-9-19(15-25(22)34-28)33-26(37)13-14-36/h2-12,15,34,36H,13-14H2,1H3,(H2,32,38)(H,33,37)(H,35,39). The number of aromatic amines is 1. The highest BCUT2D eigenvalue weighted by atomic mass is 19.1. The molecule has 0 fully saturated rings. The first-order valence-electron chi connectivity index (χ1n) is 12.2. The number of rotatable bonds is 7. The van der Waals surface area contributed by atoms with E-state index in [1.54, 1.807) is 24.3 Å². The predicted molar refractivity (Wildman–Crippen MR) is 149 cm³/mol. The SMILES string of the molecule is Cc1c(NC(=O)c2ccc(F)cc2)cccc1-c1ccc(C(N)=O)c2[nH]c3cc(NC(=O)CCO)ccc3c12. The maximum atomic E-state index is 13.3. The third-order valence-corrected chi connectivity index (χ3v) is 6.62. The lowest BCUT2D eigenvalue weighted by Gasteiger charge is -2.15. The van der Waals surface area contributed by atoms with Crippen molar-refractivity contribution in [3.8, 4) is 11.1 Å². The third-order valence-electron chi connectivity index (χ3n) is 6.62. The van der Waals surface area contributed by atoms with E-state index in [1.165, 1.54) is 24.3 Å². The van der Waals surface area contributed by atoms with Crippen LogP contribution in [0.4, 0.5) is 15.8 Å². The van der Waals surface area contributed by atoms with Gasteiger partial charge in [0.05, 0.1) is 24.1 Å². The van der Waals surface area contributed by atoms with E-state index in [4.69, 9.17) is 10.8 Å². The van der Waals surface area contributed by atoms with Gasteiger partial charge in [-0.15, -0.1) is 0 Å². The van der Waals surface area contributed by atoms with Gasteiger partial charge < -0.3 is 26.5 Å². The second-order valence-electron chi connectivity index (χ2n) is 9.12. The summed E-state index contributed by atoms with van der Waals surface area (Å²) in [6.07, 6.45) is -0.0198. The third kappa shape index (κ3) is 4.95. The Labute approximate surface area is 222 Å². The molecule has 0 unspecified atom stereocenters. The van der Waals surface area contributed by atoms with Crippen molar-refractivity contribution in [3.05, 3.63) is 95.3 Å². The number of primary amides is 1. The van der Waals surface area contributed by atoms with Crippen LogP contribution in [0.25, 0.3) is 32.9 Å².